The number of hydrogen-bond donors (Lipinski definition) is 1. The number of alkyl halides is 3. The Balaban J connectivity index is 2.83. The molecular formula is C16H13Cl5N2. The Kier molecular flexibility index (Phi) is 5.76. The lowest BCUT2D eigenvalue weighted by atomic mass is 9.84. The summed E-state index contributed by atoms with van der Waals surface area (Å²) in [7, 11) is 0. The van der Waals surface area contributed by atoms with Gasteiger partial charge in [-0.3, -0.25) is 4.99 Å². The van der Waals surface area contributed by atoms with Crippen molar-refractivity contribution in [3.8, 4) is 0 Å². The van der Waals surface area contributed by atoms with Crippen molar-refractivity contribution in [3.63, 3.8) is 0 Å². The van der Waals surface area contributed by atoms with Crippen LogP contribution in [0.15, 0.2) is 53.5 Å². The molecule has 2 nitrogen and oxygen atoms in total. The van der Waals surface area contributed by atoms with E-state index in [0.29, 0.717) is 21.2 Å². The monoisotopic (exact) mass is 408 g/mol. The number of nitrogens with two attached hydrogens (primary N) is 1. The van der Waals surface area contributed by atoms with Crippen LogP contribution in [0, 0.1) is 0 Å². The molecule has 2 aromatic rings. The fourth-order valence-corrected chi connectivity index (χ4v) is 3.37. The van der Waals surface area contributed by atoms with Gasteiger partial charge in [0.05, 0.1) is 5.84 Å². The highest BCUT2D eigenvalue weighted by atomic mass is 35.6. The van der Waals surface area contributed by atoms with Crippen LogP contribution in [0.2, 0.25) is 10.0 Å². The second kappa shape index (κ2) is 7.08. The molecular weight excluding hydrogens is 397 g/mol. The van der Waals surface area contributed by atoms with Crippen LogP contribution in [-0.2, 0) is 5.54 Å². The van der Waals surface area contributed by atoms with Crippen molar-refractivity contribution in [2.75, 3.05) is 0 Å². The van der Waals surface area contributed by atoms with E-state index in [1.165, 1.54) is 0 Å². The Morgan fingerprint density at radius 3 is 1.43 bits per heavy atom. The molecule has 0 aliphatic heterocycles. The summed E-state index contributed by atoms with van der Waals surface area (Å²) < 4.78 is -1.80. The Morgan fingerprint density at radius 1 is 0.826 bits per heavy atom. The van der Waals surface area contributed by atoms with Gasteiger partial charge in [0.15, 0.2) is 5.54 Å². The van der Waals surface area contributed by atoms with Crippen molar-refractivity contribution in [2.45, 2.75) is 16.3 Å². The van der Waals surface area contributed by atoms with Gasteiger partial charge in [-0.25, -0.2) is 0 Å². The van der Waals surface area contributed by atoms with E-state index in [1.54, 1.807) is 55.5 Å². The number of amidine groups is 1. The molecule has 0 spiro atoms. The van der Waals surface area contributed by atoms with Crippen molar-refractivity contribution in [1.82, 2.24) is 0 Å². The SMILES string of the molecule is CC(N)=NC(c1ccc(Cl)cc1)(c1ccc(Cl)cc1)C(Cl)(Cl)Cl. The molecule has 0 unspecified atom stereocenters. The quantitative estimate of drug-likeness (QED) is 0.377. The summed E-state index contributed by atoms with van der Waals surface area (Å²) in [6.45, 7) is 1.64. The van der Waals surface area contributed by atoms with Crippen LogP contribution in [0.25, 0.3) is 0 Å². The zero-order valence-corrected chi connectivity index (χ0v) is 15.8. The minimum atomic E-state index is -1.80. The molecule has 0 fully saturated rings. The molecule has 0 bridgehead atoms. The first kappa shape index (κ1) is 18.7. The summed E-state index contributed by atoms with van der Waals surface area (Å²) in [5.41, 5.74) is 5.80. The highest BCUT2D eigenvalue weighted by Crippen LogP contribution is 2.52. The number of aliphatic imine (C=N–C) groups is 1. The highest BCUT2D eigenvalue weighted by molar-refractivity contribution is 6.68. The molecule has 0 amide bonds. The second-order valence-corrected chi connectivity index (χ2v) is 8.13. The summed E-state index contributed by atoms with van der Waals surface area (Å²) in [6, 6.07) is 13.9. The van der Waals surface area contributed by atoms with E-state index in [9.17, 15) is 0 Å². The summed E-state index contributed by atoms with van der Waals surface area (Å²) in [5.74, 6) is 0.279. The molecule has 0 aliphatic rings. The van der Waals surface area contributed by atoms with Gasteiger partial charge in [-0.2, -0.15) is 0 Å². The van der Waals surface area contributed by atoms with Crippen LogP contribution in [-0.4, -0.2) is 9.63 Å². The van der Waals surface area contributed by atoms with E-state index < -0.39 is 9.33 Å². The molecule has 2 N–H and O–H groups in total. The topological polar surface area (TPSA) is 38.4 Å². The third-order valence-corrected chi connectivity index (χ3v) is 4.60. The van der Waals surface area contributed by atoms with Gasteiger partial charge < -0.3 is 5.73 Å². The minimum Gasteiger partial charge on any atom is -0.388 e. The highest BCUT2D eigenvalue weighted by Gasteiger charge is 2.51. The second-order valence-electron chi connectivity index (χ2n) is 4.98. The molecule has 0 saturated heterocycles. The fraction of sp³-hybridized carbons (Fsp3) is 0.188. The van der Waals surface area contributed by atoms with E-state index in [-0.39, 0.29) is 5.84 Å². The van der Waals surface area contributed by atoms with E-state index >= 15 is 0 Å². The van der Waals surface area contributed by atoms with Crippen LogP contribution in [0.3, 0.4) is 0 Å². The Hall–Kier alpha value is -0.640. The maximum Gasteiger partial charge on any atom is 0.223 e. The van der Waals surface area contributed by atoms with Crippen molar-refractivity contribution >= 4 is 63.8 Å². The minimum absolute atomic E-state index is 0.279. The zero-order valence-electron chi connectivity index (χ0n) is 12.0. The summed E-state index contributed by atoms with van der Waals surface area (Å²) in [4.78, 5) is 4.49. The standard InChI is InChI=1S/C16H13Cl5N2/c1-10(22)23-15(16(19,20)21,11-2-6-13(17)7-3-11)12-4-8-14(18)9-5-12/h2-9H,1H3,(H2,22,23). The lowest BCUT2D eigenvalue weighted by Gasteiger charge is -2.37. The third-order valence-electron chi connectivity index (χ3n) is 3.28. The van der Waals surface area contributed by atoms with Gasteiger partial charge in [0.2, 0.25) is 3.79 Å². The summed E-state index contributed by atoms with van der Waals surface area (Å²) in [6.07, 6.45) is 0. The number of benzene rings is 2. The first-order valence-electron chi connectivity index (χ1n) is 6.57. The van der Waals surface area contributed by atoms with Gasteiger partial charge in [0.25, 0.3) is 0 Å². The molecule has 0 radical (unpaired) electrons. The fourth-order valence-electron chi connectivity index (χ4n) is 2.33. The van der Waals surface area contributed by atoms with Crippen LogP contribution in [0.1, 0.15) is 18.1 Å². The van der Waals surface area contributed by atoms with E-state index in [0.717, 1.165) is 0 Å². The Bertz CT molecular complexity index is 653. The number of rotatable bonds is 3. The smallest absolute Gasteiger partial charge is 0.223 e. The van der Waals surface area contributed by atoms with Crippen molar-refractivity contribution in [1.29, 1.82) is 0 Å². The van der Waals surface area contributed by atoms with Crippen molar-refractivity contribution in [2.24, 2.45) is 10.7 Å². The Morgan fingerprint density at radius 2 is 1.17 bits per heavy atom. The lowest BCUT2D eigenvalue weighted by Crippen LogP contribution is -2.41. The molecule has 0 aromatic heterocycles. The van der Waals surface area contributed by atoms with Gasteiger partial charge in [0.1, 0.15) is 0 Å². The van der Waals surface area contributed by atoms with Gasteiger partial charge in [-0.05, 0) is 42.3 Å². The van der Waals surface area contributed by atoms with Gasteiger partial charge in [-0.1, -0.05) is 82.3 Å². The third kappa shape index (κ3) is 3.89. The number of halogens is 5. The molecule has 0 atom stereocenters. The van der Waals surface area contributed by atoms with Gasteiger partial charge in [-0.15, -0.1) is 0 Å². The van der Waals surface area contributed by atoms with Crippen LogP contribution in [0.4, 0.5) is 0 Å². The molecule has 0 saturated carbocycles. The average molecular weight is 411 g/mol. The molecule has 0 heterocycles. The average Bonchev–Trinajstić information content (AvgIpc) is 2.45. The molecule has 23 heavy (non-hydrogen) atoms. The molecule has 0 aliphatic carbocycles. The zero-order chi connectivity index (χ0) is 17.3. The maximum atomic E-state index is 6.35. The van der Waals surface area contributed by atoms with E-state index in [1.807, 2.05) is 0 Å². The largest absolute Gasteiger partial charge is 0.388 e. The summed E-state index contributed by atoms with van der Waals surface area (Å²) >= 11 is 31.0. The number of hydrogen-bond acceptors (Lipinski definition) is 1. The van der Waals surface area contributed by atoms with Crippen molar-refractivity contribution in [3.05, 3.63) is 69.7 Å². The van der Waals surface area contributed by atoms with Gasteiger partial charge in [0, 0.05) is 10.0 Å². The van der Waals surface area contributed by atoms with Crippen molar-refractivity contribution < 1.29 is 0 Å². The van der Waals surface area contributed by atoms with Gasteiger partial charge >= 0.3 is 0 Å². The molecule has 122 valence electrons. The number of nitrogens with zero attached hydrogens (tertiary/aromatic N) is 1. The van der Waals surface area contributed by atoms with Crippen LogP contribution < -0.4 is 5.73 Å². The molecule has 7 heteroatoms. The summed E-state index contributed by atoms with van der Waals surface area (Å²) in [5, 5.41) is 1.13. The Labute approximate surface area is 160 Å². The predicted molar refractivity (Wildman–Crippen MR) is 101 cm³/mol. The predicted octanol–water partition coefficient (Wildman–Crippen LogP) is 5.98. The first-order chi connectivity index (χ1) is 10.7. The van der Waals surface area contributed by atoms with E-state index in [4.69, 9.17) is 63.7 Å². The van der Waals surface area contributed by atoms with Crippen LogP contribution in [0.5, 0.6) is 0 Å². The normalized spacial score (nSPS) is 13.2. The first-order valence-corrected chi connectivity index (χ1v) is 8.46. The van der Waals surface area contributed by atoms with Crippen LogP contribution >= 0.6 is 58.0 Å². The maximum absolute atomic E-state index is 6.35. The lowest BCUT2D eigenvalue weighted by molar-refractivity contribution is 0.554. The molecule has 2 rings (SSSR count). The molecule has 2 aromatic carbocycles. The van der Waals surface area contributed by atoms with E-state index in [2.05, 4.69) is 4.99 Å².